The third-order valence-corrected chi connectivity index (χ3v) is 3.90. The van der Waals surface area contributed by atoms with E-state index >= 15 is 0 Å². The molecule has 126 valence electrons. The van der Waals surface area contributed by atoms with Crippen molar-refractivity contribution in [1.29, 1.82) is 0 Å². The van der Waals surface area contributed by atoms with Crippen LogP contribution in [0.2, 0.25) is 0 Å². The minimum atomic E-state index is -0.331. The van der Waals surface area contributed by atoms with E-state index in [1.807, 2.05) is 24.3 Å². The molecule has 25 heavy (non-hydrogen) atoms. The Morgan fingerprint density at radius 1 is 1.16 bits per heavy atom. The average molecular weight is 336 g/mol. The molecule has 0 spiro atoms. The van der Waals surface area contributed by atoms with Gasteiger partial charge in [0.05, 0.1) is 11.0 Å². The maximum atomic E-state index is 12.1. The number of aromatic nitrogens is 5. The summed E-state index contributed by atoms with van der Waals surface area (Å²) >= 11 is 0. The van der Waals surface area contributed by atoms with Crippen molar-refractivity contribution in [3.63, 3.8) is 0 Å². The molecule has 1 aromatic carbocycles. The molecule has 0 atom stereocenters. The normalized spacial score (nSPS) is 11.2. The van der Waals surface area contributed by atoms with Crippen LogP contribution in [-0.4, -0.2) is 36.6 Å². The Balaban J connectivity index is 1.37. The smallest absolute Gasteiger partial charge is 0.350 e. The highest BCUT2D eigenvalue weighted by Crippen LogP contribution is 2.10. The fourth-order valence-electron chi connectivity index (χ4n) is 2.71. The SMILES string of the molecule is O=C(Cn1nc2ccccn2c1=O)NCCc1nc2ccccc2[nH]1. The maximum Gasteiger partial charge on any atom is 0.350 e. The van der Waals surface area contributed by atoms with Crippen molar-refractivity contribution in [3.8, 4) is 0 Å². The van der Waals surface area contributed by atoms with Gasteiger partial charge in [-0.05, 0) is 24.3 Å². The second kappa shape index (κ2) is 6.23. The van der Waals surface area contributed by atoms with Gasteiger partial charge in [-0.3, -0.25) is 9.20 Å². The van der Waals surface area contributed by atoms with Crippen LogP contribution in [0.25, 0.3) is 16.7 Å². The highest BCUT2D eigenvalue weighted by atomic mass is 16.2. The Labute approximate surface area is 142 Å². The summed E-state index contributed by atoms with van der Waals surface area (Å²) in [6.07, 6.45) is 2.21. The predicted octanol–water partition coefficient (Wildman–Crippen LogP) is 0.731. The van der Waals surface area contributed by atoms with Crippen LogP contribution in [0, 0.1) is 0 Å². The van der Waals surface area contributed by atoms with Gasteiger partial charge >= 0.3 is 5.69 Å². The molecule has 4 rings (SSSR count). The summed E-state index contributed by atoms with van der Waals surface area (Å²) in [5, 5.41) is 6.92. The number of hydrogen-bond donors (Lipinski definition) is 2. The number of rotatable bonds is 5. The summed E-state index contributed by atoms with van der Waals surface area (Å²) in [6, 6.07) is 13.0. The number of fused-ring (bicyclic) bond motifs is 2. The van der Waals surface area contributed by atoms with Gasteiger partial charge in [0.2, 0.25) is 5.91 Å². The second-order valence-electron chi connectivity index (χ2n) is 5.67. The van der Waals surface area contributed by atoms with Crippen LogP contribution in [0.3, 0.4) is 0 Å². The molecule has 0 unspecified atom stereocenters. The first-order valence-electron chi connectivity index (χ1n) is 7.95. The first kappa shape index (κ1) is 15.1. The minimum Gasteiger partial charge on any atom is -0.354 e. The van der Waals surface area contributed by atoms with Gasteiger partial charge in [-0.25, -0.2) is 14.5 Å². The highest BCUT2D eigenvalue weighted by molar-refractivity contribution is 5.76. The summed E-state index contributed by atoms with van der Waals surface area (Å²) in [6.45, 7) is 0.321. The van der Waals surface area contributed by atoms with Gasteiger partial charge in [-0.15, -0.1) is 5.10 Å². The van der Waals surface area contributed by atoms with Crippen LogP contribution in [0.4, 0.5) is 0 Å². The van der Waals surface area contributed by atoms with Gasteiger partial charge in [0.25, 0.3) is 0 Å². The number of carbonyl (C=O) groups excluding carboxylic acids is 1. The molecule has 0 saturated carbocycles. The number of H-pyrrole nitrogens is 1. The molecule has 3 heterocycles. The number of amides is 1. The van der Waals surface area contributed by atoms with E-state index in [-0.39, 0.29) is 18.1 Å². The fourth-order valence-corrected chi connectivity index (χ4v) is 2.71. The van der Waals surface area contributed by atoms with E-state index in [0.29, 0.717) is 18.6 Å². The topological polar surface area (TPSA) is 97.1 Å². The van der Waals surface area contributed by atoms with E-state index in [1.165, 1.54) is 4.40 Å². The first-order valence-corrected chi connectivity index (χ1v) is 7.95. The van der Waals surface area contributed by atoms with Gasteiger partial charge in [0.1, 0.15) is 12.4 Å². The zero-order valence-electron chi connectivity index (χ0n) is 13.3. The van der Waals surface area contributed by atoms with Crippen LogP contribution < -0.4 is 11.0 Å². The number of nitrogens with zero attached hydrogens (tertiary/aromatic N) is 4. The summed E-state index contributed by atoms with van der Waals surface area (Å²) in [4.78, 5) is 31.9. The lowest BCUT2D eigenvalue weighted by atomic mass is 10.3. The molecular weight excluding hydrogens is 320 g/mol. The van der Waals surface area contributed by atoms with E-state index in [9.17, 15) is 9.59 Å². The van der Waals surface area contributed by atoms with E-state index in [2.05, 4.69) is 20.4 Å². The van der Waals surface area contributed by atoms with Gasteiger partial charge in [0, 0.05) is 19.2 Å². The van der Waals surface area contributed by atoms with E-state index < -0.39 is 0 Å². The van der Waals surface area contributed by atoms with Crippen LogP contribution in [0.1, 0.15) is 5.82 Å². The lowest BCUT2D eigenvalue weighted by Crippen LogP contribution is -2.33. The molecule has 3 aromatic heterocycles. The van der Waals surface area contributed by atoms with E-state index in [0.717, 1.165) is 21.5 Å². The number of nitrogens with one attached hydrogen (secondary N) is 2. The number of hydrogen-bond acceptors (Lipinski definition) is 4. The van der Waals surface area contributed by atoms with Crippen molar-refractivity contribution < 1.29 is 4.79 Å². The molecule has 0 radical (unpaired) electrons. The van der Waals surface area contributed by atoms with Crippen molar-refractivity contribution in [2.75, 3.05) is 6.54 Å². The van der Waals surface area contributed by atoms with Gasteiger partial charge in [0.15, 0.2) is 5.65 Å². The quantitative estimate of drug-likeness (QED) is 0.561. The van der Waals surface area contributed by atoms with Crippen molar-refractivity contribution in [2.24, 2.45) is 0 Å². The molecule has 0 aliphatic heterocycles. The van der Waals surface area contributed by atoms with Crippen molar-refractivity contribution >= 4 is 22.6 Å². The lowest BCUT2D eigenvalue weighted by Gasteiger charge is -2.03. The third-order valence-electron chi connectivity index (χ3n) is 3.90. The standard InChI is InChI=1S/C17H16N6O2/c24-16(11-23-17(25)22-10-4-3-7-15(22)21-23)18-9-8-14-19-12-5-1-2-6-13(12)20-14/h1-7,10H,8-9,11H2,(H,18,24)(H,19,20). The molecule has 0 bridgehead atoms. The first-order chi connectivity index (χ1) is 12.2. The second-order valence-corrected chi connectivity index (χ2v) is 5.67. The molecule has 0 fully saturated rings. The van der Waals surface area contributed by atoms with Crippen LogP contribution >= 0.6 is 0 Å². The molecular formula is C17H16N6O2. The van der Waals surface area contributed by atoms with Crippen LogP contribution in [0.5, 0.6) is 0 Å². The third kappa shape index (κ3) is 3.01. The van der Waals surface area contributed by atoms with Crippen LogP contribution in [0.15, 0.2) is 53.5 Å². The Hall–Kier alpha value is -3.42. The average Bonchev–Trinajstić information content (AvgIpc) is 3.16. The lowest BCUT2D eigenvalue weighted by molar-refractivity contribution is -0.121. The molecule has 0 aliphatic rings. The van der Waals surface area contributed by atoms with E-state index in [4.69, 9.17) is 0 Å². The number of pyridine rings is 1. The van der Waals surface area contributed by atoms with Crippen molar-refractivity contribution in [2.45, 2.75) is 13.0 Å². The molecule has 4 aromatic rings. The van der Waals surface area contributed by atoms with Crippen molar-refractivity contribution in [1.82, 2.24) is 29.5 Å². The zero-order chi connectivity index (χ0) is 17.2. The minimum absolute atomic E-state index is 0.110. The maximum absolute atomic E-state index is 12.1. The molecule has 2 N–H and O–H groups in total. The number of aromatic amines is 1. The summed E-state index contributed by atoms with van der Waals surface area (Å²) in [7, 11) is 0. The molecule has 0 aliphatic carbocycles. The Bertz CT molecular complexity index is 1070. The van der Waals surface area contributed by atoms with Gasteiger partial charge in [-0.2, -0.15) is 0 Å². The molecule has 1 amide bonds. The van der Waals surface area contributed by atoms with Gasteiger partial charge in [-0.1, -0.05) is 18.2 Å². The fraction of sp³-hybridized carbons (Fsp3) is 0.176. The largest absolute Gasteiger partial charge is 0.354 e. The van der Waals surface area contributed by atoms with Crippen molar-refractivity contribution in [3.05, 3.63) is 65.0 Å². The predicted molar refractivity (Wildman–Crippen MR) is 92.3 cm³/mol. The number of imidazole rings is 1. The molecule has 8 heteroatoms. The Morgan fingerprint density at radius 2 is 2.00 bits per heavy atom. The number of para-hydroxylation sites is 2. The number of benzene rings is 1. The summed E-state index contributed by atoms with van der Waals surface area (Å²) < 4.78 is 2.56. The highest BCUT2D eigenvalue weighted by Gasteiger charge is 2.10. The molecule has 0 saturated heterocycles. The molecule has 8 nitrogen and oxygen atoms in total. The summed E-state index contributed by atoms with van der Waals surface area (Å²) in [5.41, 5.74) is 2.06. The zero-order valence-corrected chi connectivity index (χ0v) is 13.3. The monoisotopic (exact) mass is 336 g/mol. The van der Waals surface area contributed by atoms with E-state index in [1.54, 1.807) is 24.4 Å². The number of carbonyl (C=O) groups is 1. The Kier molecular flexibility index (Phi) is 3.77. The van der Waals surface area contributed by atoms with Crippen LogP contribution in [-0.2, 0) is 17.8 Å². The Morgan fingerprint density at radius 3 is 2.84 bits per heavy atom. The van der Waals surface area contributed by atoms with Gasteiger partial charge < -0.3 is 10.3 Å². The summed E-state index contributed by atoms with van der Waals surface area (Å²) in [5.74, 6) is 0.549.